The van der Waals surface area contributed by atoms with Crippen molar-refractivity contribution in [3.8, 4) is 0 Å². The molecule has 1 heterocycles. The largest absolute Gasteiger partial charge is 0.469 e. The maximum Gasteiger partial charge on any atom is 0.189 e. The minimum Gasteiger partial charge on any atom is -0.469 e. The molecule has 24 heavy (non-hydrogen) atoms. The quantitative estimate of drug-likeness (QED) is 0.803. The normalized spacial score (nSPS) is 27.4. The molecule has 0 amide bonds. The Morgan fingerprint density at radius 1 is 1.46 bits per heavy atom. The van der Waals surface area contributed by atoms with Crippen LogP contribution in [0, 0.1) is 18.7 Å². The van der Waals surface area contributed by atoms with Crippen molar-refractivity contribution in [2.45, 2.75) is 44.5 Å². The molecule has 0 unspecified atom stereocenters. The van der Waals surface area contributed by atoms with Crippen LogP contribution in [0.2, 0.25) is 0 Å². The van der Waals surface area contributed by atoms with E-state index in [-0.39, 0.29) is 29.6 Å². The zero-order valence-electron chi connectivity index (χ0n) is 14.3. The molecule has 1 fully saturated rings. The van der Waals surface area contributed by atoms with Gasteiger partial charge < -0.3 is 9.47 Å². The van der Waals surface area contributed by atoms with Gasteiger partial charge in [-0.1, -0.05) is 26.0 Å². The Balaban J connectivity index is 1.87. The molecule has 1 aromatic rings. The van der Waals surface area contributed by atoms with Crippen LogP contribution in [0.25, 0.3) is 0 Å². The lowest BCUT2D eigenvalue weighted by Crippen LogP contribution is -2.46. The van der Waals surface area contributed by atoms with E-state index in [4.69, 9.17) is 9.47 Å². The highest BCUT2D eigenvalue weighted by Gasteiger charge is 2.52. The summed E-state index contributed by atoms with van der Waals surface area (Å²) < 4.78 is 25.8. The van der Waals surface area contributed by atoms with Gasteiger partial charge >= 0.3 is 0 Å². The van der Waals surface area contributed by atoms with E-state index in [0.717, 1.165) is 11.3 Å². The number of carbonyl (C=O) groups is 1. The van der Waals surface area contributed by atoms with Crippen molar-refractivity contribution in [1.29, 1.82) is 0 Å². The Hall–Kier alpha value is -1.33. The summed E-state index contributed by atoms with van der Waals surface area (Å²) in [6.45, 7) is 6.12. The van der Waals surface area contributed by atoms with Crippen LogP contribution in [0.3, 0.4) is 0 Å². The SMILES string of the molecule is CCS[C@@H]1C[C@]2([C@@H](C)Cc3ccc(C)cc3F)OCOC2=CC1=O. The van der Waals surface area contributed by atoms with Gasteiger partial charge in [-0.3, -0.25) is 4.79 Å². The Morgan fingerprint density at radius 2 is 2.25 bits per heavy atom. The molecule has 3 rings (SSSR count). The van der Waals surface area contributed by atoms with Crippen LogP contribution >= 0.6 is 11.8 Å². The van der Waals surface area contributed by atoms with E-state index < -0.39 is 5.60 Å². The van der Waals surface area contributed by atoms with Crippen LogP contribution in [0.15, 0.2) is 30.0 Å². The number of allylic oxidation sites excluding steroid dienone is 1. The Kier molecular flexibility index (Phi) is 5.02. The molecule has 1 aromatic carbocycles. The average molecular weight is 350 g/mol. The monoisotopic (exact) mass is 350 g/mol. The predicted molar refractivity (Wildman–Crippen MR) is 93.4 cm³/mol. The minimum absolute atomic E-state index is 0.0107. The zero-order chi connectivity index (χ0) is 17.3. The van der Waals surface area contributed by atoms with E-state index in [1.54, 1.807) is 23.9 Å². The topological polar surface area (TPSA) is 35.5 Å². The van der Waals surface area contributed by atoms with Crippen molar-refractivity contribution in [2.75, 3.05) is 12.5 Å². The number of fused-ring (bicyclic) bond motifs is 1. The molecule has 0 aromatic heterocycles. The van der Waals surface area contributed by atoms with Gasteiger partial charge in [-0.2, -0.15) is 11.8 Å². The van der Waals surface area contributed by atoms with Crippen molar-refractivity contribution < 1.29 is 18.7 Å². The smallest absolute Gasteiger partial charge is 0.189 e. The number of aryl methyl sites for hydroxylation is 1. The number of halogens is 1. The lowest BCUT2D eigenvalue weighted by Gasteiger charge is -2.38. The second-order valence-electron chi connectivity index (χ2n) is 6.56. The number of hydrogen-bond donors (Lipinski definition) is 0. The molecular weight excluding hydrogens is 327 g/mol. The number of benzene rings is 1. The second kappa shape index (κ2) is 6.89. The molecule has 3 atom stereocenters. The number of rotatable bonds is 5. The average Bonchev–Trinajstić information content (AvgIpc) is 2.94. The van der Waals surface area contributed by atoms with Crippen molar-refractivity contribution in [3.05, 3.63) is 47.0 Å². The lowest BCUT2D eigenvalue weighted by molar-refractivity contribution is -0.117. The standard InChI is InChI=1S/C19H23FO3S/c1-4-24-17-10-19(18(9-16(17)21)22-11-23-19)13(3)8-14-6-5-12(2)7-15(14)20/h5-7,9,13,17H,4,8,10-11H2,1-3H3/t13-,17+,19+/m0/s1. The summed E-state index contributed by atoms with van der Waals surface area (Å²) in [6, 6.07) is 5.32. The molecule has 1 aliphatic carbocycles. The fraction of sp³-hybridized carbons (Fsp3) is 0.526. The molecule has 130 valence electrons. The Bertz CT molecular complexity index is 673. The predicted octanol–water partition coefficient (Wildman–Crippen LogP) is 4.03. The number of carbonyl (C=O) groups excluding carboxylic acids is 1. The van der Waals surface area contributed by atoms with Crippen molar-refractivity contribution in [3.63, 3.8) is 0 Å². The van der Waals surface area contributed by atoms with Gasteiger partial charge in [0.2, 0.25) is 0 Å². The summed E-state index contributed by atoms with van der Waals surface area (Å²) in [6.07, 6.45) is 2.72. The van der Waals surface area contributed by atoms with Gasteiger partial charge in [0, 0.05) is 12.5 Å². The van der Waals surface area contributed by atoms with Gasteiger partial charge in [0.05, 0.1) is 5.25 Å². The third-order valence-electron chi connectivity index (χ3n) is 4.93. The fourth-order valence-corrected chi connectivity index (χ4v) is 4.55. The molecular formula is C19H23FO3S. The van der Waals surface area contributed by atoms with Crippen LogP contribution < -0.4 is 0 Å². The van der Waals surface area contributed by atoms with E-state index in [1.807, 2.05) is 32.9 Å². The number of hydrogen-bond acceptors (Lipinski definition) is 4. The first-order valence-corrected chi connectivity index (χ1v) is 9.40. The van der Waals surface area contributed by atoms with E-state index in [2.05, 4.69) is 0 Å². The van der Waals surface area contributed by atoms with Crippen LogP contribution in [0.5, 0.6) is 0 Å². The minimum atomic E-state index is -0.627. The van der Waals surface area contributed by atoms with Gasteiger partial charge in [0.1, 0.15) is 17.2 Å². The molecule has 0 radical (unpaired) electrons. The van der Waals surface area contributed by atoms with E-state index >= 15 is 0 Å². The summed E-state index contributed by atoms with van der Waals surface area (Å²) in [5.41, 5.74) is 0.956. The van der Waals surface area contributed by atoms with Crippen molar-refractivity contribution >= 4 is 17.5 Å². The van der Waals surface area contributed by atoms with Gasteiger partial charge in [-0.25, -0.2) is 4.39 Å². The second-order valence-corrected chi connectivity index (χ2v) is 8.03. The zero-order valence-corrected chi connectivity index (χ0v) is 15.1. The maximum atomic E-state index is 14.2. The van der Waals surface area contributed by atoms with Crippen LogP contribution in [-0.2, 0) is 20.7 Å². The molecule has 0 N–H and O–H groups in total. The summed E-state index contributed by atoms with van der Waals surface area (Å²) in [4.78, 5) is 12.2. The van der Waals surface area contributed by atoms with Gasteiger partial charge in [-0.15, -0.1) is 0 Å². The first-order chi connectivity index (χ1) is 11.5. The molecule has 0 spiro atoms. The maximum absolute atomic E-state index is 14.2. The highest BCUT2D eigenvalue weighted by Crippen LogP contribution is 2.46. The van der Waals surface area contributed by atoms with E-state index in [1.165, 1.54) is 0 Å². The Labute approximate surface area is 146 Å². The Morgan fingerprint density at radius 3 is 2.96 bits per heavy atom. The molecule has 3 nitrogen and oxygen atoms in total. The van der Waals surface area contributed by atoms with Crippen molar-refractivity contribution in [1.82, 2.24) is 0 Å². The summed E-state index contributed by atoms with van der Waals surface area (Å²) in [5, 5.41) is -0.120. The number of thioether (sulfide) groups is 1. The highest BCUT2D eigenvalue weighted by atomic mass is 32.2. The third-order valence-corrected chi connectivity index (χ3v) is 6.06. The fourth-order valence-electron chi connectivity index (χ4n) is 3.55. The summed E-state index contributed by atoms with van der Waals surface area (Å²) >= 11 is 1.63. The van der Waals surface area contributed by atoms with Crippen molar-refractivity contribution in [2.24, 2.45) is 5.92 Å². The first-order valence-electron chi connectivity index (χ1n) is 8.35. The van der Waals surface area contributed by atoms with Gasteiger partial charge in [0.15, 0.2) is 12.6 Å². The van der Waals surface area contributed by atoms with E-state index in [0.29, 0.717) is 24.2 Å². The summed E-state index contributed by atoms with van der Waals surface area (Å²) in [7, 11) is 0. The third kappa shape index (κ3) is 3.11. The number of ether oxygens (including phenoxy) is 2. The molecule has 1 saturated heterocycles. The van der Waals surface area contributed by atoms with Gasteiger partial charge in [-0.05, 0) is 42.2 Å². The summed E-state index contributed by atoms with van der Waals surface area (Å²) in [5.74, 6) is 1.40. The molecule has 0 saturated carbocycles. The molecule has 0 bridgehead atoms. The molecule has 1 aliphatic heterocycles. The highest BCUT2D eigenvalue weighted by molar-refractivity contribution is 8.00. The van der Waals surface area contributed by atoms with Crippen LogP contribution in [0.1, 0.15) is 31.4 Å². The van der Waals surface area contributed by atoms with E-state index in [9.17, 15) is 9.18 Å². The molecule has 5 heteroatoms. The van der Waals surface area contributed by atoms with Crippen LogP contribution in [-0.4, -0.2) is 29.2 Å². The first kappa shape index (κ1) is 17.5. The van der Waals surface area contributed by atoms with Crippen LogP contribution in [0.4, 0.5) is 4.39 Å². The van der Waals surface area contributed by atoms with Gasteiger partial charge in [0.25, 0.3) is 0 Å². The molecule has 2 aliphatic rings. The number of ketones is 1. The lowest BCUT2D eigenvalue weighted by atomic mass is 9.76.